The van der Waals surface area contributed by atoms with Crippen molar-refractivity contribution in [3.8, 4) is 0 Å². The largest absolute Gasteiger partial charge is 0.377 e. The Morgan fingerprint density at radius 3 is 2.50 bits per heavy atom. The fourth-order valence-corrected chi connectivity index (χ4v) is 2.61. The monoisotopic (exact) mass is 331 g/mol. The van der Waals surface area contributed by atoms with Crippen molar-refractivity contribution in [2.75, 3.05) is 25.0 Å². The number of alkyl halides is 1. The lowest BCUT2D eigenvalue weighted by molar-refractivity contribution is 0.0141. The molecule has 0 spiro atoms. The third-order valence-electron chi connectivity index (χ3n) is 3.28. The van der Waals surface area contributed by atoms with E-state index in [1.807, 2.05) is 12.1 Å². The fourth-order valence-electron chi connectivity index (χ4n) is 2.29. The number of halogens is 2. The molecule has 1 aliphatic heterocycles. The third-order valence-corrected chi connectivity index (χ3v) is 3.86. The van der Waals surface area contributed by atoms with E-state index < -0.39 is 0 Å². The lowest BCUT2D eigenvalue weighted by Crippen LogP contribution is -2.36. The number of hydrogen-bond acceptors (Lipinski definition) is 2. The van der Waals surface area contributed by atoms with Gasteiger partial charge in [0.25, 0.3) is 0 Å². The number of benzene rings is 1. The van der Waals surface area contributed by atoms with Crippen LogP contribution in [0.4, 0.5) is 0 Å². The molecule has 0 radical (unpaired) electrons. The van der Waals surface area contributed by atoms with Gasteiger partial charge in [0, 0.05) is 30.0 Å². The topological polar surface area (TPSA) is 12.5 Å². The van der Waals surface area contributed by atoms with Gasteiger partial charge in [-0.15, -0.1) is 0 Å². The van der Waals surface area contributed by atoms with Gasteiger partial charge in [-0.25, -0.2) is 0 Å². The van der Waals surface area contributed by atoms with Crippen LogP contribution in [-0.4, -0.2) is 36.0 Å². The third kappa shape index (κ3) is 4.54. The Labute approximate surface area is 122 Å². The Hall–Kier alpha value is -0.0900. The minimum atomic E-state index is 0.448. The molecule has 1 aromatic carbocycles. The number of likely N-dealkylation sites (tertiary alicyclic amines) is 1. The van der Waals surface area contributed by atoms with E-state index in [2.05, 4.69) is 33.0 Å². The van der Waals surface area contributed by atoms with Gasteiger partial charge in [-0.1, -0.05) is 39.7 Å². The highest BCUT2D eigenvalue weighted by molar-refractivity contribution is 9.09. The van der Waals surface area contributed by atoms with Gasteiger partial charge < -0.3 is 4.74 Å². The molecular weight excluding hydrogens is 314 g/mol. The maximum Gasteiger partial charge on any atom is 0.0599 e. The van der Waals surface area contributed by atoms with E-state index in [0.717, 1.165) is 49.4 Å². The SMILES string of the molecule is Clc1ccc(CN2CCC(OCCBr)CC2)cc1. The molecule has 0 unspecified atom stereocenters. The molecule has 0 aliphatic carbocycles. The second kappa shape index (κ2) is 7.49. The van der Waals surface area contributed by atoms with Crippen molar-refractivity contribution in [2.45, 2.75) is 25.5 Å². The second-order valence-electron chi connectivity index (χ2n) is 4.66. The van der Waals surface area contributed by atoms with E-state index in [1.54, 1.807) is 0 Å². The van der Waals surface area contributed by atoms with Crippen LogP contribution < -0.4 is 0 Å². The number of piperidine rings is 1. The Morgan fingerprint density at radius 2 is 1.89 bits per heavy atom. The van der Waals surface area contributed by atoms with Crippen molar-refractivity contribution in [3.63, 3.8) is 0 Å². The van der Waals surface area contributed by atoms with Crippen molar-refractivity contribution in [1.82, 2.24) is 4.90 Å². The summed E-state index contributed by atoms with van der Waals surface area (Å²) in [4.78, 5) is 2.48. The summed E-state index contributed by atoms with van der Waals surface area (Å²) in [5.41, 5.74) is 1.33. The molecule has 1 fully saturated rings. The summed E-state index contributed by atoms with van der Waals surface area (Å²) < 4.78 is 5.76. The Morgan fingerprint density at radius 1 is 1.22 bits per heavy atom. The fraction of sp³-hybridized carbons (Fsp3) is 0.571. The average molecular weight is 333 g/mol. The van der Waals surface area contributed by atoms with Crippen molar-refractivity contribution in [3.05, 3.63) is 34.9 Å². The van der Waals surface area contributed by atoms with Crippen LogP contribution in [0.1, 0.15) is 18.4 Å². The molecule has 100 valence electrons. The molecule has 0 N–H and O–H groups in total. The molecule has 2 rings (SSSR count). The number of ether oxygens (including phenoxy) is 1. The molecule has 0 bridgehead atoms. The average Bonchev–Trinajstić information content (AvgIpc) is 2.41. The summed E-state index contributed by atoms with van der Waals surface area (Å²) >= 11 is 9.28. The molecule has 1 heterocycles. The van der Waals surface area contributed by atoms with Crippen molar-refractivity contribution >= 4 is 27.5 Å². The molecular formula is C14H19BrClNO. The Bertz CT molecular complexity index is 349. The molecule has 0 amide bonds. The summed E-state index contributed by atoms with van der Waals surface area (Å²) in [5.74, 6) is 0. The van der Waals surface area contributed by atoms with Gasteiger partial charge in [0.2, 0.25) is 0 Å². The Balaban J connectivity index is 1.74. The predicted octanol–water partition coefficient (Wildman–Crippen LogP) is 3.72. The molecule has 1 saturated heterocycles. The van der Waals surface area contributed by atoms with E-state index in [-0.39, 0.29) is 0 Å². The summed E-state index contributed by atoms with van der Waals surface area (Å²) in [6, 6.07) is 8.14. The number of nitrogens with zero attached hydrogens (tertiary/aromatic N) is 1. The van der Waals surface area contributed by atoms with Crippen LogP contribution in [0, 0.1) is 0 Å². The summed E-state index contributed by atoms with van der Waals surface area (Å²) in [6.45, 7) is 4.08. The van der Waals surface area contributed by atoms with Crippen LogP contribution >= 0.6 is 27.5 Å². The second-order valence-corrected chi connectivity index (χ2v) is 5.89. The molecule has 0 saturated carbocycles. The normalized spacial score (nSPS) is 18.1. The van der Waals surface area contributed by atoms with Gasteiger partial charge in [0.15, 0.2) is 0 Å². The molecule has 2 nitrogen and oxygen atoms in total. The smallest absolute Gasteiger partial charge is 0.0599 e. The first-order valence-electron chi connectivity index (χ1n) is 6.42. The number of hydrogen-bond donors (Lipinski definition) is 0. The highest BCUT2D eigenvalue weighted by atomic mass is 79.9. The van der Waals surface area contributed by atoms with Gasteiger partial charge in [0.1, 0.15) is 0 Å². The first kappa shape index (κ1) is 14.3. The minimum Gasteiger partial charge on any atom is -0.377 e. The highest BCUT2D eigenvalue weighted by Crippen LogP contribution is 2.17. The summed E-state index contributed by atoms with van der Waals surface area (Å²) in [7, 11) is 0. The predicted molar refractivity (Wildman–Crippen MR) is 79.5 cm³/mol. The minimum absolute atomic E-state index is 0.448. The molecule has 4 heteroatoms. The van der Waals surface area contributed by atoms with Gasteiger partial charge in [0.05, 0.1) is 12.7 Å². The van der Waals surface area contributed by atoms with Crippen LogP contribution in [0.15, 0.2) is 24.3 Å². The maximum atomic E-state index is 5.89. The maximum absolute atomic E-state index is 5.89. The molecule has 18 heavy (non-hydrogen) atoms. The van der Waals surface area contributed by atoms with E-state index in [0.29, 0.717) is 6.10 Å². The number of rotatable bonds is 5. The zero-order valence-corrected chi connectivity index (χ0v) is 12.8. The van der Waals surface area contributed by atoms with Crippen LogP contribution in [0.5, 0.6) is 0 Å². The molecule has 1 aromatic rings. The van der Waals surface area contributed by atoms with Crippen LogP contribution in [0.2, 0.25) is 5.02 Å². The van der Waals surface area contributed by atoms with Crippen molar-refractivity contribution in [2.24, 2.45) is 0 Å². The van der Waals surface area contributed by atoms with E-state index in [9.17, 15) is 0 Å². The zero-order chi connectivity index (χ0) is 12.8. The molecule has 1 aliphatic rings. The standard InChI is InChI=1S/C14H19BrClNO/c15-7-10-18-14-5-8-17(9-6-14)11-12-1-3-13(16)4-2-12/h1-4,14H,5-11H2. The Kier molecular flexibility index (Phi) is 5.96. The van der Waals surface area contributed by atoms with Crippen LogP contribution in [-0.2, 0) is 11.3 Å². The van der Waals surface area contributed by atoms with Crippen LogP contribution in [0.3, 0.4) is 0 Å². The van der Waals surface area contributed by atoms with Crippen LogP contribution in [0.25, 0.3) is 0 Å². The van der Waals surface area contributed by atoms with Gasteiger partial charge in [-0.05, 0) is 30.5 Å². The highest BCUT2D eigenvalue weighted by Gasteiger charge is 2.19. The quantitative estimate of drug-likeness (QED) is 0.762. The zero-order valence-electron chi connectivity index (χ0n) is 10.4. The van der Waals surface area contributed by atoms with Gasteiger partial charge in [-0.2, -0.15) is 0 Å². The lowest BCUT2D eigenvalue weighted by atomic mass is 10.1. The van der Waals surface area contributed by atoms with Gasteiger partial charge in [-0.3, -0.25) is 4.90 Å². The lowest BCUT2D eigenvalue weighted by Gasteiger charge is -2.31. The van der Waals surface area contributed by atoms with Gasteiger partial charge >= 0.3 is 0 Å². The first-order valence-corrected chi connectivity index (χ1v) is 7.92. The summed E-state index contributed by atoms with van der Waals surface area (Å²) in [6.07, 6.45) is 2.73. The summed E-state index contributed by atoms with van der Waals surface area (Å²) in [5, 5.41) is 1.73. The molecule has 0 atom stereocenters. The van der Waals surface area contributed by atoms with Crippen molar-refractivity contribution in [1.29, 1.82) is 0 Å². The van der Waals surface area contributed by atoms with Crippen molar-refractivity contribution < 1.29 is 4.74 Å². The van der Waals surface area contributed by atoms with E-state index in [4.69, 9.17) is 16.3 Å². The van der Waals surface area contributed by atoms with E-state index in [1.165, 1.54) is 5.56 Å². The van der Waals surface area contributed by atoms with E-state index >= 15 is 0 Å². The molecule has 0 aromatic heterocycles. The first-order chi connectivity index (χ1) is 8.78.